The Morgan fingerprint density at radius 1 is 1.15 bits per heavy atom. The highest BCUT2D eigenvalue weighted by atomic mass is 35.5. The van der Waals surface area contributed by atoms with Crippen molar-refractivity contribution in [2.45, 2.75) is 29.1 Å². The van der Waals surface area contributed by atoms with Gasteiger partial charge in [0.2, 0.25) is 9.84 Å². The van der Waals surface area contributed by atoms with Gasteiger partial charge in [-0.2, -0.15) is 5.10 Å². The molecule has 0 atom stereocenters. The van der Waals surface area contributed by atoms with E-state index in [0.29, 0.717) is 5.82 Å². The van der Waals surface area contributed by atoms with E-state index >= 15 is 0 Å². The second kappa shape index (κ2) is 6.74. The maximum absolute atomic E-state index is 13.0. The summed E-state index contributed by atoms with van der Waals surface area (Å²) in [7, 11) is -3.73. The third-order valence-electron chi connectivity index (χ3n) is 4.25. The van der Waals surface area contributed by atoms with E-state index in [1.165, 1.54) is 25.0 Å². The molecule has 4 rings (SSSR count). The first-order valence-electron chi connectivity index (χ1n) is 8.30. The van der Waals surface area contributed by atoms with Gasteiger partial charge in [-0.1, -0.05) is 29.8 Å². The van der Waals surface area contributed by atoms with Crippen LogP contribution in [0.1, 0.15) is 18.5 Å². The van der Waals surface area contributed by atoms with Crippen molar-refractivity contribution in [1.29, 1.82) is 0 Å². The molecule has 134 valence electrons. The van der Waals surface area contributed by atoms with Crippen LogP contribution in [-0.4, -0.2) is 23.6 Å². The Kier molecular flexibility index (Phi) is 4.42. The van der Waals surface area contributed by atoms with Crippen molar-refractivity contribution in [3.8, 4) is 0 Å². The zero-order valence-corrected chi connectivity index (χ0v) is 15.4. The molecular formula is C18H17ClN4O2S. The zero-order valence-electron chi connectivity index (χ0n) is 13.8. The molecule has 0 radical (unpaired) electrons. The lowest BCUT2D eigenvalue weighted by Gasteiger charge is -2.10. The van der Waals surface area contributed by atoms with E-state index in [-0.39, 0.29) is 20.8 Å². The third-order valence-corrected chi connectivity index (χ3v) is 6.26. The molecule has 6 nitrogen and oxygen atoms in total. The number of benzene rings is 1. The van der Waals surface area contributed by atoms with Gasteiger partial charge in [0, 0.05) is 11.8 Å². The van der Waals surface area contributed by atoms with Gasteiger partial charge in [0.1, 0.15) is 10.0 Å². The SMILES string of the molecule is O=S(=O)(c1ccccc1)c1ccc(Cl)nc1Nc1cc(CC2CC2)[nH]n1. The molecule has 1 aliphatic carbocycles. The van der Waals surface area contributed by atoms with Crippen molar-refractivity contribution in [3.05, 3.63) is 59.4 Å². The van der Waals surface area contributed by atoms with Crippen molar-refractivity contribution in [2.24, 2.45) is 5.92 Å². The number of nitrogens with zero attached hydrogens (tertiary/aromatic N) is 2. The minimum atomic E-state index is -3.73. The number of rotatable bonds is 6. The largest absolute Gasteiger partial charge is 0.322 e. The second-order valence-corrected chi connectivity index (χ2v) is 8.65. The Morgan fingerprint density at radius 3 is 2.65 bits per heavy atom. The first-order valence-corrected chi connectivity index (χ1v) is 10.2. The normalized spacial score (nSPS) is 14.3. The molecule has 1 aliphatic rings. The number of aromatic nitrogens is 3. The predicted molar refractivity (Wildman–Crippen MR) is 99.4 cm³/mol. The number of nitrogens with one attached hydrogen (secondary N) is 2. The van der Waals surface area contributed by atoms with Crippen LogP contribution in [0, 0.1) is 5.92 Å². The molecule has 0 spiro atoms. The molecule has 1 saturated carbocycles. The number of hydrogen-bond donors (Lipinski definition) is 2. The second-order valence-electron chi connectivity index (χ2n) is 6.35. The van der Waals surface area contributed by atoms with Crippen LogP contribution in [0.4, 0.5) is 11.6 Å². The summed E-state index contributed by atoms with van der Waals surface area (Å²) in [5.74, 6) is 1.40. The lowest BCUT2D eigenvalue weighted by Crippen LogP contribution is -2.07. The van der Waals surface area contributed by atoms with Gasteiger partial charge >= 0.3 is 0 Å². The average molecular weight is 389 g/mol. The summed E-state index contributed by atoms with van der Waals surface area (Å²) in [5, 5.41) is 10.4. The maximum Gasteiger partial charge on any atom is 0.210 e. The number of H-pyrrole nitrogens is 1. The standard InChI is InChI=1S/C18H17ClN4O2S/c19-16-9-8-15(26(24,25)14-4-2-1-3-5-14)18(20-16)21-17-11-13(22-23-17)10-12-6-7-12/h1-5,8-9,11-12H,6-7,10H2,(H2,20,21,22,23). The van der Waals surface area contributed by atoms with Crippen LogP contribution in [0.15, 0.2) is 58.3 Å². The van der Waals surface area contributed by atoms with E-state index < -0.39 is 9.84 Å². The van der Waals surface area contributed by atoms with Crippen LogP contribution in [0.2, 0.25) is 5.15 Å². The van der Waals surface area contributed by atoms with Crippen molar-refractivity contribution >= 4 is 33.1 Å². The summed E-state index contributed by atoms with van der Waals surface area (Å²) in [6, 6.07) is 13.0. The molecular weight excluding hydrogens is 372 g/mol. The molecule has 3 aromatic rings. The fourth-order valence-corrected chi connectivity index (χ4v) is 4.26. The fraction of sp³-hybridized carbons (Fsp3) is 0.222. The Bertz CT molecular complexity index is 1030. The van der Waals surface area contributed by atoms with Gasteiger partial charge < -0.3 is 5.32 Å². The topological polar surface area (TPSA) is 87.7 Å². The van der Waals surface area contributed by atoms with Gasteiger partial charge in [-0.3, -0.25) is 5.10 Å². The van der Waals surface area contributed by atoms with E-state index in [4.69, 9.17) is 11.6 Å². The number of anilines is 2. The van der Waals surface area contributed by atoms with E-state index in [0.717, 1.165) is 18.0 Å². The van der Waals surface area contributed by atoms with Crippen molar-refractivity contribution in [1.82, 2.24) is 15.2 Å². The number of pyridine rings is 1. The van der Waals surface area contributed by atoms with Crippen LogP contribution in [0.3, 0.4) is 0 Å². The van der Waals surface area contributed by atoms with Gasteiger partial charge in [-0.15, -0.1) is 0 Å². The Hall–Kier alpha value is -2.38. The molecule has 0 bridgehead atoms. The number of halogens is 1. The van der Waals surface area contributed by atoms with Crippen LogP contribution in [-0.2, 0) is 16.3 Å². The summed E-state index contributed by atoms with van der Waals surface area (Å²) in [4.78, 5) is 4.42. The van der Waals surface area contributed by atoms with E-state index in [2.05, 4.69) is 20.5 Å². The lowest BCUT2D eigenvalue weighted by atomic mass is 10.2. The van der Waals surface area contributed by atoms with Crippen molar-refractivity contribution in [2.75, 3.05) is 5.32 Å². The van der Waals surface area contributed by atoms with Gasteiger partial charge in [-0.25, -0.2) is 13.4 Å². The minimum Gasteiger partial charge on any atom is -0.322 e. The molecule has 0 saturated heterocycles. The van der Waals surface area contributed by atoms with Crippen LogP contribution < -0.4 is 5.32 Å². The highest BCUT2D eigenvalue weighted by molar-refractivity contribution is 7.91. The molecule has 26 heavy (non-hydrogen) atoms. The van der Waals surface area contributed by atoms with Gasteiger partial charge in [0.25, 0.3) is 0 Å². The van der Waals surface area contributed by atoms with Gasteiger partial charge in [-0.05, 0) is 49.4 Å². The molecule has 0 amide bonds. The fourth-order valence-electron chi connectivity index (χ4n) is 2.74. The molecule has 1 fully saturated rings. The first kappa shape index (κ1) is 17.1. The summed E-state index contributed by atoms with van der Waals surface area (Å²) in [5.41, 5.74) is 1.02. The predicted octanol–water partition coefficient (Wildman–Crippen LogP) is 3.99. The smallest absolute Gasteiger partial charge is 0.210 e. The molecule has 0 aliphatic heterocycles. The molecule has 2 aromatic heterocycles. The quantitative estimate of drug-likeness (QED) is 0.623. The molecule has 1 aromatic carbocycles. The molecule has 8 heteroatoms. The molecule has 2 heterocycles. The van der Waals surface area contributed by atoms with Gasteiger partial charge in [0.15, 0.2) is 11.6 Å². The van der Waals surface area contributed by atoms with Crippen LogP contribution >= 0.6 is 11.6 Å². The minimum absolute atomic E-state index is 0.0554. The van der Waals surface area contributed by atoms with E-state index in [1.807, 2.05) is 6.07 Å². The summed E-state index contributed by atoms with van der Waals surface area (Å²) in [6.07, 6.45) is 3.45. The molecule has 0 unspecified atom stereocenters. The summed E-state index contributed by atoms with van der Waals surface area (Å²) in [6.45, 7) is 0. The highest BCUT2D eigenvalue weighted by Gasteiger charge is 2.24. The number of sulfone groups is 1. The average Bonchev–Trinajstić information content (AvgIpc) is 3.33. The van der Waals surface area contributed by atoms with Crippen LogP contribution in [0.5, 0.6) is 0 Å². The summed E-state index contributed by atoms with van der Waals surface area (Å²) >= 11 is 5.99. The Balaban J connectivity index is 1.67. The van der Waals surface area contributed by atoms with Crippen molar-refractivity contribution in [3.63, 3.8) is 0 Å². The Labute approximate surface area is 156 Å². The van der Waals surface area contributed by atoms with Crippen molar-refractivity contribution < 1.29 is 8.42 Å². The third kappa shape index (κ3) is 3.59. The maximum atomic E-state index is 13.0. The highest BCUT2D eigenvalue weighted by Crippen LogP contribution is 2.33. The zero-order chi connectivity index (χ0) is 18.1. The van der Waals surface area contributed by atoms with Gasteiger partial charge in [0.05, 0.1) is 4.90 Å². The summed E-state index contributed by atoms with van der Waals surface area (Å²) < 4.78 is 25.9. The van der Waals surface area contributed by atoms with Crippen LogP contribution in [0.25, 0.3) is 0 Å². The lowest BCUT2D eigenvalue weighted by molar-refractivity contribution is 0.596. The number of aromatic amines is 1. The monoisotopic (exact) mass is 388 g/mol. The van der Waals surface area contributed by atoms with E-state index in [9.17, 15) is 8.42 Å². The Morgan fingerprint density at radius 2 is 1.92 bits per heavy atom. The van der Waals surface area contributed by atoms with E-state index in [1.54, 1.807) is 30.3 Å². The first-order chi connectivity index (χ1) is 12.5. The number of hydrogen-bond acceptors (Lipinski definition) is 5. The molecule has 2 N–H and O–H groups in total.